The molecule has 1 heterocycles. The van der Waals surface area contributed by atoms with Crippen LogP contribution < -0.4 is 5.32 Å². The van der Waals surface area contributed by atoms with Gasteiger partial charge in [-0.25, -0.2) is 0 Å². The third-order valence-electron chi connectivity index (χ3n) is 4.63. The molecule has 0 unspecified atom stereocenters. The largest absolute Gasteiger partial charge is 0.385 e. The molecule has 0 spiro atoms. The maximum absolute atomic E-state index is 5.14. The van der Waals surface area contributed by atoms with E-state index in [1.54, 1.807) is 7.11 Å². The second-order valence-electron chi connectivity index (χ2n) is 6.27. The van der Waals surface area contributed by atoms with Gasteiger partial charge >= 0.3 is 0 Å². The van der Waals surface area contributed by atoms with Gasteiger partial charge in [0.2, 0.25) is 0 Å². The number of methoxy groups -OCH3 is 1. The van der Waals surface area contributed by atoms with Crippen molar-refractivity contribution < 1.29 is 4.74 Å². The Morgan fingerprint density at radius 2 is 1.83 bits per heavy atom. The summed E-state index contributed by atoms with van der Waals surface area (Å²) < 4.78 is 5.14. The quantitative estimate of drug-likeness (QED) is 0.709. The van der Waals surface area contributed by atoms with Crippen molar-refractivity contribution >= 4 is 0 Å². The lowest BCUT2D eigenvalue weighted by Gasteiger charge is -2.52. The Kier molecular flexibility index (Phi) is 6.09. The predicted octanol–water partition coefficient (Wildman–Crippen LogP) is 2.66. The van der Waals surface area contributed by atoms with E-state index in [0.29, 0.717) is 5.54 Å². The van der Waals surface area contributed by atoms with E-state index in [0.717, 1.165) is 13.2 Å². The lowest BCUT2D eigenvalue weighted by molar-refractivity contribution is 0.0202. The Morgan fingerprint density at radius 3 is 2.39 bits per heavy atom. The zero-order chi connectivity index (χ0) is 13.6. The van der Waals surface area contributed by atoms with Gasteiger partial charge in [0.1, 0.15) is 0 Å². The molecule has 1 aliphatic rings. The fraction of sp³-hybridized carbons (Fsp3) is 1.00. The van der Waals surface area contributed by atoms with Crippen LogP contribution in [0.1, 0.15) is 53.4 Å². The van der Waals surface area contributed by atoms with Gasteiger partial charge in [0, 0.05) is 37.9 Å². The summed E-state index contributed by atoms with van der Waals surface area (Å²) in [4.78, 5) is 2.67. The van der Waals surface area contributed by atoms with Crippen molar-refractivity contribution in [1.82, 2.24) is 10.2 Å². The SMILES string of the molecule is CCC1(CC)CN(CCCCOC)C(C)(C)CN1. The Morgan fingerprint density at radius 1 is 1.17 bits per heavy atom. The molecule has 1 N–H and O–H groups in total. The van der Waals surface area contributed by atoms with E-state index in [2.05, 4.69) is 37.9 Å². The van der Waals surface area contributed by atoms with Gasteiger partial charge in [0.05, 0.1) is 0 Å². The van der Waals surface area contributed by atoms with Gasteiger partial charge in [0.25, 0.3) is 0 Å². The average Bonchev–Trinajstić information content (AvgIpc) is 2.37. The van der Waals surface area contributed by atoms with Crippen molar-refractivity contribution in [1.29, 1.82) is 0 Å². The number of piperazine rings is 1. The van der Waals surface area contributed by atoms with Crippen molar-refractivity contribution in [2.24, 2.45) is 0 Å². The minimum atomic E-state index is 0.279. The molecule has 0 aliphatic carbocycles. The molecule has 1 aliphatic heterocycles. The number of hydrogen-bond donors (Lipinski definition) is 1. The summed E-state index contributed by atoms with van der Waals surface area (Å²) in [5.41, 5.74) is 0.609. The van der Waals surface area contributed by atoms with Gasteiger partial charge in [-0.15, -0.1) is 0 Å². The topological polar surface area (TPSA) is 24.5 Å². The summed E-state index contributed by atoms with van der Waals surface area (Å²) in [6.45, 7) is 13.7. The van der Waals surface area contributed by atoms with E-state index < -0.39 is 0 Å². The molecule has 0 aromatic rings. The second-order valence-corrected chi connectivity index (χ2v) is 6.27. The molecule has 0 saturated carbocycles. The lowest BCUT2D eigenvalue weighted by atomic mass is 9.85. The number of unbranched alkanes of at least 4 members (excludes halogenated alkanes) is 1. The summed E-state index contributed by atoms with van der Waals surface area (Å²) in [6, 6.07) is 0. The van der Waals surface area contributed by atoms with Crippen LogP contribution >= 0.6 is 0 Å². The van der Waals surface area contributed by atoms with E-state index in [9.17, 15) is 0 Å². The van der Waals surface area contributed by atoms with Crippen LogP contribution in [0.15, 0.2) is 0 Å². The van der Waals surface area contributed by atoms with Crippen molar-refractivity contribution in [3.63, 3.8) is 0 Å². The highest BCUT2D eigenvalue weighted by Crippen LogP contribution is 2.28. The van der Waals surface area contributed by atoms with Crippen LogP contribution in [0, 0.1) is 0 Å². The molecule has 18 heavy (non-hydrogen) atoms. The second kappa shape index (κ2) is 6.88. The first-order valence-corrected chi connectivity index (χ1v) is 7.48. The summed E-state index contributed by atoms with van der Waals surface area (Å²) in [5.74, 6) is 0. The van der Waals surface area contributed by atoms with E-state index in [-0.39, 0.29) is 5.54 Å². The maximum atomic E-state index is 5.14. The smallest absolute Gasteiger partial charge is 0.0462 e. The molecular weight excluding hydrogens is 224 g/mol. The Labute approximate surface area is 113 Å². The molecular formula is C15H32N2O. The standard InChI is InChI=1S/C15H32N2O/c1-6-15(7-2)13-17(10-8-9-11-18-5)14(3,4)12-16-15/h16H,6-13H2,1-5H3. The fourth-order valence-corrected chi connectivity index (χ4v) is 2.81. The minimum absolute atomic E-state index is 0.279. The molecule has 0 bridgehead atoms. The number of hydrogen-bond acceptors (Lipinski definition) is 3. The Hall–Kier alpha value is -0.120. The molecule has 3 heteroatoms. The monoisotopic (exact) mass is 256 g/mol. The summed E-state index contributed by atoms with van der Waals surface area (Å²) in [5, 5.41) is 3.79. The van der Waals surface area contributed by atoms with Gasteiger partial charge in [-0.3, -0.25) is 4.90 Å². The van der Waals surface area contributed by atoms with Crippen LogP contribution in [0.4, 0.5) is 0 Å². The van der Waals surface area contributed by atoms with Gasteiger partial charge in [-0.2, -0.15) is 0 Å². The van der Waals surface area contributed by atoms with Gasteiger partial charge in [-0.1, -0.05) is 13.8 Å². The molecule has 3 nitrogen and oxygen atoms in total. The number of ether oxygens (including phenoxy) is 1. The number of nitrogens with one attached hydrogen (secondary N) is 1. The number of nitrogens with zero attached hydrogens (tertiary/aromatic N) is 1. The predicted molar refractivity (Wildman–Crippen MR) is 78.1 cm³/mol. The first-order chi connectivity index (χ1) is 8.49. The molecule has 1 rings (SSSR count). The highest BCUT2D eigenvalue weighted by Gasteiger charge is 2.40. The first-order valence-electron chi connectivity index (χ1n) is 7.48. The number of rotatable bonds is 7. The maximum Gasteiger partial charge on any atom is 0.0462 e. The molecule has 1 fully saturated rings. The minimum Gasteiger partial charge on any atom is -0.385 e. The molecule has 0 aromatic heterocycles. The molecule has 0 radical (unpaired) electrons. The van der Waals surface area contributed by atoms with Crippen LogP contribution in [0.5, 0.6) is 0 Å². The third kappa shape index (κ3) is 3.94. The zero-order valence-corrected chi connectivity index (χ0v) is 13.0. The third-order valence-corrected chi connectivity index (χ3v) is 4.63. The average molecular weight is 256 g/mol. The zero-order valence-electron chi connectivity index (χ0n) is 13.0. The van der Waals surface area contributed by atoms with Gasteiger partial charge in [0.15, 0.2) is 0 Å². The van der Waals surface area contributed by atoms with Crippen LogP contribution in [-0.2, 0) is 4.74 Å². The van der Waals surface area contributed by atoms with Gasteiger partial charge in [-0.05, 0) is 46.1 Å². The molecule has 0 amide bonds. The van der Waals surface area contributed by atoms with Crippen molar-refractivity contribution in [3.05, 3.63) is 0 Å². The first kappa shape index (κ1) is 15.9. The normalized spacial score (nSPS) is 23.2. The molecule has 0 aromatic carbocycles. The van der Waals surface area contributed by atoms with E-state index in [1.165, 1.54) is 38.8 Å². The van der Waals surface area contributed by atoms with Crippen LogP contribution in [0.3, 0.4) is 0 Å². The van der Waals surface area contributed by atoms with Crippen molar-refractivity contribution in [2.75, 3.05) is 33.4 Å². The lowest BCUT2D eigenvalue weighted by Crippen LogP contribution is -2.67. The summed E-state index contributed by atoms with van der Waals surface area (Å²) in [7, 11) is 1.79. The van der Waals surface area contributed by atoms with Crippen LogP contribution in [0.2, 0.25) is 0 Å². The fourth-order valence-electron chi connectivity index (χ4n) is 2.81. The van der Waals surface area contributed by atoms with Gasteiger partial charge < -0.3 is 10.1 Å². The highest BCUT2D eigenvalue weighted by atomic mass is 16.5. The van der Waals surface area contributed by atoms with E-state index in [4.69, 9.17) is 4.74 Å². The van der Waals surface area contributed by atoms with Crippen LogP contribution in [-0.4, -0.2) is 49.3 Å². The Balaban J connectivity index is 2.54. The van der Waals surface area contributed by atoms with Crippen molar-refractivity contribution in [2.45, 2.75) is 64.5 Å². The highest BCUT2D eigenvalue weighted by molar-refractivity contribution is 5.00. The Bertz CT molecular complexity index is 237. The van der Waals surface area contributed by atoms with Crippen LogP contribution in [0.25, 0.3) is 0 Å². The molecule has 0 atom stereocenters. The van der Waals surface area contributed by atoms with E-state index >= 15 is 0 Å². The van der Waals surface area contributed by atoms with E-state index in [1.807, 2.05) is 0 Å². The molecule has 108 valence electrons. The summed E-state index contributed by atoms with van der Waals surface area (Å²) >= 11 is 0. The molecule has 1 saturated heterocycles. The summed E-state index contributed by atoms with van der Waals surface area (Å²) in [6.07, 6.45) is 4.84. The van der Waals surface area contributed by atoms with Crippen molar-refractivity contribution in [3.8, 4) is 0 Å².